The van der Waals surface area contributed by atoms with Crippen LogP contribution >= 0.6 is 0 Å². The Hall–Kier alpha value is -3.81. The number of hydrogen-bond donors (Lipinski definition) is 1. The van der Waals surface area contributed by atoms with E-state index in [-0.39, 0.29) is 17.4 Å². The normalized spacial score (nSPS) is 12.6. The molecule has 0 bridgehead atoms. The lowest BCUT2D eigenvalue weighted by Crippen LogP contribution is -2.18. The maximum atomic E-state index is 13.3. The summed E-state index contributed by atoms with van der Waals surface area (Å²) in [6.45, 7) is 2.02. The molecule has 0 fully saturated rings. The molecule has 5 rings (SSSR count). The third kappa shape index (κ3) is 2.98. The molecule has 3 aromatic heterocycles. The second-order valence-electron chi connectivity index (χ2n) is 7.01. The van der Waals surface area contributed by atoms with Crippen molar-refractivity contribution in [2.45, 2.75) is 19.4 Å². The first-order valence-electron chi connectivity index (χ1n) is 9.26. The number of fused-ring (bicyclic) bond motifs is 2. The smallest absolute Gasteiger partial charge is 0.272 e. The van der Waals surface area contributed by atoms with Gasteiger partial charge in [-0.1, -0.05) is 29.5 Å². The van der Waals surface area contributed by atoms with Crippen molar-refractivity contribution in [2.75, 3.05) is 0 Å². The molecule has 1 N–H and O–H groups in total. The van der Waals surface area contributed by atoms with Gasteiger partial charge in [-0.05, 0) is 36.8 Å². The molecule has 0 aliphatic heterocycles. The van der Waals surface area contributed by atoms with Crippen LogP contribution in [0.2, 0.25) is 0 Å². The van der Waals surface area contributed by atoms with E-state index in [0.29, 0.717) is 17.8 Å². The van der Waals surface area contributed by atoms with Gasteiger partial charge in [0, 0.05) is 24.2 Å². The highest BCUT2D eigenvalue weighted by Gasteiger charge is 2.15. The van der Waals surface area contributed by atoms with Gasteiger partial charge in [0.2, 0.25) is 0 Å². The summed E-state index contributed by atoms with van der Waals surface area (Å²) in [4.78, 5) is 17.3. The van der Waals surface area contributed by atoms with Crippen LogP contribution in [0, 0.1) is 5.82 Å². The summed E-state index contributed by atoms with van der Waals surface area (Å²) < 4.78 is 16.5. The zero-order valence-corrected chi connectivity index (χ0v) is 15.6. The molecule has 2 aromatic carbocycles. The maximum Gasteiger partial charge on any atom is 0.272 e. The zero-order chi connectivity index (χ0) is 20.0. The Morgan fingerprint density at radius 1 is 1.14 bits per heavy atom. The van der Waals surface area contributed by atoms with Gasteiger partial charge in [-0.2, -0.15) is 0 Å². The first kappa shape index (κ1) is 17.3. The number of nitrogens with one attached hydrogen (secondary N) is 1. The van der Waals surface area contributed by atoms with Crippen LogP contribution in [-0.2, 0) is 6.42 Å². The summed E-state index contributed by atoms with van der Waals surface area (Å²) in [6.07, 6.45) is 2.22. The fourth-order valence-electron chi connectivity index (χ4n) is 3.58. The average molecular weight is 388 g/mol. The molecule has 3 heterocycles. The van der Waals surface area contributed by atoms with Crippen molar-refractivity contribution in [1.29, 1.82) is 0 Å². The van der Waals surface area contributed by atoms with Crippen molar-refractivity contribution < 1.29 is 4.39 Å². The van der Waals surface area contributed by atoms with Crippen LogP contribution in [0.5, 0.6) is 0 Å². The van der Waals surface area contributed by atoms with Crippen molar-refractivity contribution in [1.82, 2.24) is 29.6 Å². The monoisotopic (exact) mass is 388 g/mol. The second kappa shape index (κ2) is 6.66. The van der Waals surface area contributed by atoms with Crippen LogP contribution in [0.1, 0.15) is 18.7 Å². The predicted molar refractivity (Wildman–Crippen MR) is 107 cm³/mol. The highest BCUT2D eigenvalue weighted by atomic mass is 19.1. The van der Waals surface area contributed by atoms with Gasteiger partial charge in [0.05, 0.1) is 17.3 Å². The van der Waals surface area contributed by atoms with Crippen LogP contribution in [0.15, 0.2) is 65.6 Å². The minimum Gasteiger partial charge on any atom is -0.296 e. The summed E-state index contributed by atoms with van der Waals surface area (Å²) in [5.41, 5.74) is 4.25. The fourth-order valence-corrected chi connectivity index (χ4v) is 3.58. The van der Waals surface area contributed by atoms with E-state index in [2.05, 4.69) is 15.4 Å². The molecule has 5 aromatic rings. The minimum absolute atomic E-state index is 0.0371. The molecule has 0 amide bonds. The second-order valence-corrected chi connectivity index (χ2v) is 7.01. The van der Waals surface area contributed by atoms with Gasteiger partial charge in [-0.25, -0.2) is 18.6 Å². The van der Waals surface area contributed by atoms with Gasteiger partial charge in [0.15, 0.2) is 5.65 Å². The predicted octanol–water partition coefficient (Wildman–Crippen LogP) is 3.38. The topological polar surface area (TPSA) is 80.9 Å². The molecule has 0 saturated heterocycles. The lowest BCUT2D eigenvalue weighted by Gasteiger charge is -2.12. The van der Waals surface area contributed by atoms with E-state index >= 15 is 0 Å². The summed E-state index contributed by atoms with van der Waals surface area (Å²) in [7, 11) is 0. The quantitative estimate of drug-likeness (QED) is 0.512. The SMILES string of the molecule is C[C@@H](Cc1cc(=O)n2[nH]cc(-c3ccc(F)cc3)c2n1)n1nnc2ccccc21. The van der Waals surface area contributed by atoms with Crippen LogP contribution in [-0.4, -0.2) is 29.6 Å². The molecule has 0 unspecified atom stereocenters. The van der Waals surface area contributed by atoms with Crippen LogP contribution in [0.3, 0.4) is 0 Å². The molecule has 144 valence electrons. The Morgan fingerprint density at radius 2 is 1.93 bits per heavy atom. The average Bonchev–Trinajstić information content (AvgIpc) is 3.33. The van der Waals surface area contributed by atoms with Gasteiger partial charge in [-0.15, -0.1) is 5.10 Å². The third-order valence-corrected chi connectivity index (χ3v) is 5.01. The van der Waals surface area contributed by atoms with Gasteiger partial charge in [-0.3, -0.25) is 9.89 Å². The largest absolute Gasteiger partial charge is 0.296 e. The maximum absolute atomic E-state index is 13.3. The standard InChI is InChI=1S/C21H17FN6O/c1-13(27-19-5-3-2-4-18(19)25-26-27)10-16-11-20(29)28-21(24-16)17(12-23-28)14-6-8-15(22)9-7-14/h2-9,11-13,23H,10H2,1H3/t13-/m0/s1. The molecule has 8 heteroatoms. The Labute approximate surface area is 164 Å². The van der Waals surface area contributed by atoms with E-state index in [0.717, 1.165) is 22.2 Å². The van der Waals surface area contributed by atoms with E-state index < -0.39 is 0 Å². The summed E-state index contributed by atoms with van der Waals surface area (Å²) >= 11 is 0. The fraction of sp³-hybridized carbons (Fsp3) is 0.143. The lowest BCUT2D eigenvalue weighted by molar-refractivity contribution is 0.484. The number of rotatable bonds is 4. The van der Waals surface area contributed by atoms with Crippen molar-refractivity contribution >= 4 is 16.7 Å². The van der Waals surface area contributed by atoms with E-state index in [1.54, 1.807) is 18.3 Å². The Kier molecular flexibility index (Phi) is 3.97. The minimum atomic E-state index is -0.312. The van der Waals surface area contributed by atoms with E-state index in [1.165, 1.54) is 22.7 Å². The molecular weight excluding hydrogens is 371 g/mol. The van der Waals surface area contributed by atoms with Crippen molar-refractivity contribution in [2.24, 2.45) is 0 Å². The number of aromatic nitrogens is 6. The van der Waals surface area contributed by atoms with Gasteiger partial charge < -0.3 is 0 Å². The van der Waals surface area contributed by atoms with Crippen LogP contribution in [0.4, 0.5) is 4.39 Å². The number of benzene rings is 2. The summed E-state index contributed by atoms with van der Waals surface area (Å²) in [5, 5.41) is 11.4. The summed E-state index contributed by atoms with van der Waals surface area (Å²) in [5.74, 6) is -0.312. The molecule has 0 aliphatic rings. The first-order valence-corrected chi connectivity index (χ1v) is 9.26. The molecular formula is C21H17FN6O. The highest BCUT2D eigenvalue weighted by Crippen LogP contribution is 2.24. The molecule has 0 radical (unpaired) electrons. The number of hydrogen-bond acceptors (Lipinski definition) is 4. The summed E-state index contributed by atoms with van der Waals surface area (Å²) in [6, 6.07) is 15.3. The van der Waals surface area contributed by atoms with E-state index in [4.69, 9.17) is 4.98 Å². The number of H-pyrrole nitrogens is 1. The Morgan fingerprint density at radius 3 is 2.76 bits per heavy atom. The molecule has 1 atom stereocenters. The van der Waals surface area contributed by atoms with Gasteiger partial charge in [0.1, 0.15) is 11.3 Å². The molecule has 29 heavy (non-hydrogen) atoms. The highest BCUT2D eigenvalue weighted by molar-refractivity contribution is 5.77. The van der Waals surface area contributed by atoms with Crippen LogP contribution in [0.25, 0.3) is 27.8 Å². The number of aromatic amines is 1. The van der Waals surface area contributed by atoms with Crippen molar-refractivity contribution in [3.8, 4) is 11.1 Å². The van der Waals surface area contributed by atoms with Gasteiger partial charge >= 0.3 is 0 Å². The molecule has 0 saturated carbocycles. The van der Waals surface area contributed by atoms with Gasteiger partial charge in [0.25, 0.3) is 5.56 Å². The first-order chi connectivity index (χ1) is 14.1. The molecule has 7 nitrogen and oxygen atoms in total. The van der Waals surface area contributed by atoms with Crippen LogP contribution < -0.4 is 5.56 Å². The van der Waals surface area contributed by atoms with E-state index in [9.17, 15) is 9.18 Å². The zero-order valence-electron chi connectivity index (χ0n) is 15.6. The number of para-hydroxylation sites is 1. The Balaban J connectivity index is 1.54. The number of halogens is 1. The third-order valence-electron chi connectivity index (χ3n) is 5.01. The van der Waals surface area contributed by atoms with E-state index in [1.807, 2.05) is 35.9 Å². The number of nitrogens with zero attached hydrogens (tertiary/aromatic N) is 5. The molecule has 0 spiro atoms. The lowest BCUT2D eigenvalue weighted by atomic mass is 10.1. The Bertz CT molecular complexity index is 1380. The van der Waals surface area contributed by atoms with Crippen molar-refractivity contribution in [3.05, 3.63) is 82.7 Å². The van der Waals surface area contributed by atoms with Crippen molar-refractivity contribution in [3.63, 3.8) is 0 Å². The molecule has 0 aliphatic carbocycles.